The van der Waals surface area contributed by atoms with Gasteiger partial charge in [-0.2, -0.15) is 0 Å². The summed E-state index contributed by atoms with van der Waals surface area (Å²) in [7, 11) is 1.17. The predicted octanol–water partition coefficient (Wildman–Crippen LogP) is -0.567. The molecule has 0 fully saturated rings. The molecular weight excluding hydrogens is 294 g/mol. The Morgan fingerprint density at radius 2 is 1.68 bits per heavy atom. The van der Waals surface area contributed by atoms with Gasteiger partial charge in [-0.15, -0.1) is 0 Å². The van der Waals surface area contributed by atoms with E-state index in [2.05, 4.69) is 15.4 Å². The molecule has 0 unspecified atom stereocenters. The van der Waals surface area contributed by atoms with Crippen LogP contribution in [0.15, 0.2) is 0 Å². The first-order valence-corrected chi connectivity index (χ1v) is 6.62. The summed E-state index contributed by atoms with van der Waals surface area (Å²) in [5.41, 5.74) is 4.28. The van der Waals surface area contributed by atoms with E-state index in [4.69, 9.17) is 10.5 Å². The first-order chi connectivity index (χ1) is 9.96. The number of primary amides is 1. The average Bonchev–Trinajstić information content (AvgIpc) is 2.33. The third-order valence-corrected chi connectivity index (χ3v) is 2.33. The van der Waals surface area contributed by atoms with Crippen LogP contribution in [-0.4, -0.2) is 48.7 Å². The van der Waals surface area contributed by atoms with Gasteiger partial charge in [0, 0.05) is 0 Å². The lowest BCUT2D eigenvalue weighted by Gasteiger charge is -2.23. The molecule has 0 bridgehead atoms. The van der Waals surface area contributed by atoms with Gasteiger partial charge in [0.25, 0.3) is 0 Å². The van der Waals surface area contributed by atoms with E-state index >= 15 is 0 Å². The summed E-state index contributed by atoms with van der Waals surface area (Å²) in [6.07, 6.45) is -1.31. The van der Waals surface area contributed by atoms with Crippen molar-refractivity contribution in [3.63, 3.8) is 0 Å². The van der Waals surface area contributed by atoms with Crippen molar-refractivity contribution in [2.75, 3.05) is 7.11 Å². The lowest BCUT2D eigenvalue weighted by Crippen LogP contribution is -2.52. The molecule has 0 aromatic rings. The van der Waals surface area contributed by atoms with Crippen molar-refractivity contribution in [3.05, 3.63) is 0 Å². The van der Waals surface area contributed by atoms with Gasteiger partial charge < -0.3 is 25.8 Å². The summed E-state index contributed by atoms with van der Waals surface area (Å²) in [4.78, 5) is 46.0. The van der Waals surface area contributed by atoms with Crippen LogP contribution in [0.4, 0.5) is 4.79 Å². The van der Waals surface area contributed by atoms with Gasteiger partial charge >= 0.3 is 12.1 Å². The Hall–Kier alpha value is -2.32. The Kier molecular flexibility index (Phi) is 7.34. The van der Waals surface area contributed by atoms with E-state index in [-0.39, 0.29) is 0 Å². The maximum Gasteiger partial charge on any atom is 0.408 e. The van der Waals surface area contributed by atoms with Gasteiger partial charge in [-0.05, 0) is 27.7 Å². The fraction of sp³-hybridized carbons (Fsp3) is 0.692. The van der Waals surface area contributed by atoms with Crippen LogP contribution in [0.2, 0.25) is 0 Å². The average molecular weight is 317 g/mol. The standard InChI is InChI=1S/C13H23N3O6/c1-7(11(19)21-5)15-10(18)8(6-9(14)17)16-12(20)22-13(2,3)4/h7-8H,6H2,1-5H3,(H2,14,17)(H,15,18)(H,16,20)/t7-,8+/m0/s1. The lowest BCUT2D eigenvalue weighted by atomic mass is 10.1. The molecule has 0 aromatic heterocycles. The fourth-order valence-corrected chi connectivity index (χ4v) is 1.41. The molecular formula is C13H23N3O6. The first kappa shape index (κ1) is 19.7. The molecule has 0 spiro atoms. The van der Waals surface area contributed by atoms with Gasteiger partial charge in [0.05, 0.1) is 13.5 Å². The van der Waals surface area contributed by atoms with Crippen LogP contribution in [0, 0.1) is 0 Å². The summed E-state index contributed by atoms with van der Waals surface area (Å²) in [5, 5.41) is 4.55. The molecule has 0 aliphatic heterocycles. The Morgan fingerprint density at radius 3 is 2.09 bits per heavy atom. The Bertz CT molecular complexity index is 444. The zero-order chi connectivity index (χ0) is 17.5. The summed E-state index contributed by atoms with van der Waals surface area (Å²) in [6.45, 7) is 6.34. The smallest absolute Gasteiger partial charge is 0.408 e. The highest BCUT2D eigenvalue weighted by atomic mass is 16.6. The number of hydrogen-bond donors (Lipinski definition) is 3. The number of alkyl carbamates (subject to hydrolysis) is 1. The molecule has 0 rings (SSSR count). The van der Waals surface area contributed by atoms with Crippen LogP contribution in [0.25, 0.3) is 0 Å². The van der Waals surface area contributed by atoms with E-state index in [1.54, 1.807) is 20.8 Å². The molecule has 3 amide bonds. The van der Waals surface area contributed by atoms with Crippen LogP contribution in [0.3, 0.4) is 0 Å². The number of nitrogens with two attached hydrogens (primary N) is 1. The van der Waals surface area contributed by atoms with Gasteiger partial charge in [-0.25, -0.2) is 9.59 Å². The van der Waals surface area contributed by atoms with E-state index in [1.807, 2.05) is 0 Å². The Morgan fingerprint density at radius 1 is 1.14 bits per heavy atom. The lowest BCUT2D eigenvalue weighted by molar-refractivity contribution is -0.144. The molecule has 0 saturated heterocycles. The third kappa shape index (κ3) is 8.08. The molecule has 0 aliphatic rings. The molecule has 0 aromatic carbocycles. The Labute approximate surface area is 128 Å². The number of ether oxygens (including phenoxy) is 2. The second-order valence-corrected chi connectivity index (χ2v) is 5.62. The van der Waals surface area contributed by atoms with Crippen LogP contribution in [0.5, 0.6) is 0 Å². The van der Waals surface area contributed by atoms with Crippen LogP contribution in [0.1, 0.15) is 34.1 Å². The molecule has 4 N–H and O–H groups in total. The fourth-order valence-electron chi connectivity index (χ4n) is 1.41. The number of nitrogens with one attached hydrogen (secondary N) is 2. The van der Waals surface area contributed by atoms with Crippen molar-refractivity contribution in [1.82, 2.24) is 10.6 Å². The van der Waals surface area contributed by atoms with Gasteiger partial charge in [0.15, 0.2) is 0 Å². The van der Waals surface area contributed by atoms with Gasteiger partial charge in [-0.3, -0.25) is 9.59 Å². The highest BCUT2D eigenvalue weighted by Crippen LogP contribution is 2.07. The SMILES string of the molecule is COC(=O)[C@H](C)NC(=O)[C@@H](CC(N)=O)NC(=O)OC(C)(C)C. The van der Waals surface area contributed by atoms with Crippen LogP contribution in [-0.2, 0) is 23.9 Å². The van der Waals surface area contributed by atoms with E-state index in [0.29, 0.717) is 0 Å². The number of rotatable bonds is 6. The van der Waals surface area contributed by atoms with Gasteiger partial charge in [0.1, 0.15) is 17.7 Å². The van der Waals surface area contributed by atoms with E-state index < -0.39 is 48.0 Å². The van der Waals surface area contributed by atoms with Crippen molar-refractivity contribution in [2.45, 2.75) is 51.8 Å². The van der Waals surface area contributed by atoms with Crippen molar-refractivity contribution >= 4 is 23.9 Å². The maximum atomic E-state index is 12.0. The van der Waals surface area contributed by atoms with Gasteiger partial charge in [-0.1, -0.05) is 0 Å². The molecule has 22 heavy (non-hydrogen) atoms. The summed E-state index contributed by atoms with van der Waals surface area (Å²) < 4.78 is 9.46. The monoisotopic (exact) mass is 317 g/mol. The number of esters is 1. The number of hydrogen-bond acceptors (Lipinski definition) is 6. The van der Waals surface area contributed by atoms with Crippen molar-refractivity contribution in [1.29, 1.82) is 0 Å². The zero-order valence-corrected chi connectivity index (χ0v) is 13.4. The van der Waals surface area contributed by atoms with Crippen molar-refractivity contribution < 1.29 is 28.7 Å². The van der Waals surface area contributed by atoms with Crippen molar-refractivity contribution in [2.24, 2.45) is 5.73 Å². The Balaban J connectivity index is 4.82. The molecule has 9 heteroatoms. The molecule has 126 valence electrons. The molecule has 0 heterocycles. The topological polar surface area (TPSA) is 137 Å². The minimum atomic E-state index is -1.25. The molecule has 9 nitrogen and oxygen atoms in total. The summed E-state index contributed by atoms with van der Waals surface area (Å²) >= 11 is 0. The van der Waals surface area contributed by atoms with Crippen LogP contribution >= 0.6 is 0 Å². The maximum absolute atomic E-state index is 12.0. The molecule has 2 atom stereocenters. The predicted molar refractivity (Wildman–Crippen MR) is 76.6 cm³/mol. The molecule has 0 aliphatic carbocycles. The van der Waals surface area contributed by atoms with Gasteiger partial charge in [0.2, 0.25) is 11.8 Å². The van der Waals surface area contributed by atoms with E-state index in [0.717, 1.165) is 0 Å². The number of methoxy groups -OCH3 is 1. The van der Waals surface area contributed by atoms with E-state index in [9.17, 15) is 19.2 Å². The zero-order valence-electron chi connectivity index (χ0n) is 13.4. The second-order valence-electron chi connectivity index (χ2n) is 5.62. The van der Waals surface area contributed by atoms with E-state index in [1.165, 1.54) is 14.0 Å². The quantitative estimate of drug-likeness (QED) is 0.561. The normalized spacial score (nSPS) is 13.5. The number of carbonyl (C=O) groups is 4. The first-order valence-electron chi connectivity index (χ1n) is 6.62. The highest BCUT2D eigenvalue weighted by Gasteiger charge is 2.28. The highest BCUT2D eigenvalue weighted by molar-refractivity contribution is 5.92. The largest absolute Gasteiger partial charge is 0.467 e. The summed E-state index contributed by atoms with van der Waals surface area (Å²) in [5.74, 6) is -2.20. The minimum absolute atomic E-state index is 0.432. The number of amides is 3. The molecule has 0 saturated carbocycles. The third-order valence-electron chi connectivity index (χ3n) is 2.33. The minimum Gasteiger partial charge on any atom is -0.467 e. The molecule has 0 radical (unpaired) electrons. The second kappa shape index (κ2) is 8.20. The number of carbonyl (C=O) groups excluding carboxylic acids is 4. The summed E-state index contributed by atoms with van der Waals surface area (Å²) in [6, 6.07) is -2.19. The van der Waals surface area contributed by atoms with Crippen molar-refractivity contribution in [3.8, 4) is 0 Å². The van der Waals surface area contributed by atoms with Crippen LogP contribution < -0.4 is 16.4 Å².